The molecule has 29 aromatic rings. The smallest absolute Gasteiger partial charge is 0.164 e. The van der Waals surface area contributed by atoms with Gasteiger partial charge in [-0.25, -0.2) is 29.9 Å². The summed E-state index contributed by atoms with van der Waals surface area (Å²) in [5.41, 5.74) is 37.1. The van der Waals surface area contributed by atoms with Gasteiger partial charge in [-0.15, -0.1) is 0 Å². The molecule has 0 bridgehead atoms. The molecule has 12 nitrogen and oxygen atoms in total. The summed E-state index contributed by atoms with van der Waals surface area (Å²) in [5, 5.41) is 11.8. The van der Waals surface area contributed by atoms with Gasteiger partial charge in [0.15, 0.2) is 17.5 Å². The highest BCUT2D eigenvalue weighted by Gasteiger charge is 2.24. The van der Waals surface area contributed by atoms with E-state index >= 15 is 0 Å². The summed E-state index contributed by atoms with van der Waals surface area (Å²) in [5.74, 6) is 1.96. The molecule has 0 saturated carbocycles. The van der Waals surface area contributed by atoms with E-state index in [4.69, 9.17) is 38.7 Å². The van der Waals surface area contributed by atoms with Gasteiger partial charge in [-0.1, -0.05) is 394 Å². The fourth-order valence-corrected chi connectivity index (χ4v) is 21.1. The number of fused-ring (bicyclic) bond motifs is 15. The molecule has 0 spiro atoms. The Labute approximate surface area is 858 Å². The SMILES string of the molecule is c1ccc(-c2ccc(-c3cc(-c4ccc(-n5c6ccccc6c6ccccc65)cc4)nc(-c4ccc(-c5cccnc5)cc4)n3)cc2)cc1.c1ccc(-c2ccc(-c3cc(-c4ccc(-n5c6ccccc6c6ccccc65)cc4)nc(-c4ccc5c(c4)oc4ccccc45)n3)cc2)cc1.c1ccc(-c2ccc(-c3cc(-c4ccc(-n5c6ccccc6c6ccccc65)cc4)nc(-c4cccc5c4oc4ccccc45)n3)cc2)cc1. The Kier molecular flexibility index (Phi) is 22.3. The van der Waals surface area contributed by atoms with Crippen molar-refractivity contribution < 1.29 is 8.83 Å². The van der Waals surface area contributed by atoms with E-state index in [2.05, 4.69) is 480 Å². The van der Waals surface area contributed by atoms with Gasteiger partial charge < -0.3 is 22.5 Å². The van der Waals surface area contributed by atoms with E-state index in [1.807, 2.05) is 66.9 Å². The highest BCUT2D eigenvalue weighted by Crippen LogP contribution is 2.44. The van der Waals surface area contributed by atoms with Crippen LogP contribution in [0.5, 0.6) is 0 Å². The zero-order chi connectivity index (χ0) is 98.6. The van der Waals surface area contributed by atoms with Crippen LogP contribution >= 0.6 is 0 Å². The van der Waals surface area contributed by atoms with Crippen molar-refractivity contribution in [2.24, 2.45) is 0 Å². The van der Waals surface area contributed by atoms with Gasteiger partial charge in [0.2, 0.25) is 0 Å². The van der Waals surface area contributed by atoms with E-state index in [0.717, 1.165) is 162 Å². The van der Waals surface area contributed by atoms with Crippen molar-refractivity contribution in [2.75, 3.05) is 0 Å². The highest BCUT2D eigenvalue weighted by molar-refractivity contribution is 6.13. The second-order valence-corrected chi connectivity index (χ2v) is 37.4. The zero-order valence-electron chi connectivity index (χ0n) is 80.6. The van der Waals surface area contributed by atoms with Crippen LogP contribution in [0.2, 0.25) is 0 Å². The molecule has 0 radical (unpaired) electrons. The first-order valence-corrected chi connectivity index (χ1v) is 50.1. The summed E-state index contributed by atoms with van der Waals surface area (Å²) in [6.45, 7) is 0. The fraction of sp³-hybridized carbons (Fsp3) is 0. The highest BCUT2D eigenvalue weighted by atomic mass is 16.3. The molecule has 9 aromatic heterocycles. The number of para-hydroxylation sites is 9. The van der Waals surface area contributed by atoms with Crippen LogP contribution in [0, 0.1) is 0 Å². The number of nitrogens with zero attached hydrogens (tertiary/aromatic N) is 10. The molecule has 149 heavy (non-hydrogen) atoms. The third kappa shape index (κ3) is 16.6. The second kappa shape index (κ2) is 37.9. The van der Waals surface area contributed by atoms with Crippen molar-refractivity contribution in [2.45, 2.75) is 0 Å². The Morgan fingerprint density at radius 2 is 0.409 bits per heavy atom. The zero-order valence-corrected chi connectivity index (χ0v) is 80.6. The van der Waals surface area contributed by atoms with Gasteiger partial charge in [0.05, 0.1) is 72.8 Å². The van der Waals surface area contributed by atoms with Crippen molar-refractivity contribution in [3.05, 3.63) is 534 Å². The van der Waals surface area contributed by atoms with Gasteiger partial charge in [0.1, 0.15) is 22.3 Å². The van der Waals surface area contributed by atoms with Crippen LogP contribution in [-0.2, 0) is 0 Å². The van der Waals surface area contributed by atoms with Crippen LogP contribution < -0.4 is 0 Å². The lowest BCUT2D eigenvalue weighted by molar-refractivity contribution is 0.669. The van der Waals surface area contributed by atoms with Gasteiger partial charge in [0.25, 0.3) is 0 Å². The summed E-state index contributed by atoms with van der Waals surface area (Å²) in [7, 11) is 0. The normalized spacial score (nSPS) is 11.5. The third-order valence-corrected chi connectivity index (χ3v) is 28.5. The number of furan rings is 2. The molecule has 0 unspecified atom stereocenters. The summed E-state index contributed by atoms with van der Waals surface area (Å²) in [6, 6.07) is 182. The van der Waals surface area contributed by atoms with E-state index < -0.39 is 0 Å². The lowest BCUT2D eigenvalue weighted by Crippen LogP contribution is -1.97. The minimum absolute atomic E-state index is 0.626. The molecular weight excluding hydrogens is 1820 g/mol. The Morgan fingerprint density at radius 1 is 0.154 bits per heavy atom. The maximum Gasteiger partial charge on any atom is 0.164 e. The van der Waals surface area contributed by atoms with Gasteiger partial charge in [-0.3, -0.25) is 4.98 Å². The largest absolute Gasteiger partial charge is 0.456 e. The monoisotopic (exact) mass is 1900 g/mol. The number of benzene rings is 20. The quantitative estimate of drug-likeness (QED) is 0.0928. The van der Waals surface area contributed by atoms with E-state index in [1.165, 1.54) is 93.2 Å². The number of rotatable bonds is 16. The summed E-state index contributed by atoms with van der Waals surface area (Å²) in [4.78, 5) is 35.2. The van der Waals surface area contributed by atoms with Crippen molar-refractivity contribution in [3.63, 3.8) is 0 Å². The van der Waals surface area contributed by atoms with Crippen LogP contribution in [0.15, 0.2) is 543 Å². The van der Waals surface area contributed by atoms with E-state index in [-0.39, 0.29) is 0 Å². The number of aromatic nitrogens is 10. The Hall–Kier alpha value is -20.2. The fourth-order valence-electron chi connectivity index (χ4n) is 21.1. The minimum Gasteiger partial charge on any atom is -0.456 e. The predicted octanol–water partition coefficient (Wildman–Crippen LogP) is 35.6. The minimum atomic E-state index is 0.626. The van der Waals surface area contributed by atoms with Crippen LogP contribution in [0.3, 0.4) is 0 Å². The topological polar surface area (TPSA) is 131 Å². The molecule has 0 aliphatic heterocycles. The van der Waals surface area contributed by atoms with Crippen molar-refractivity contribution >= 4 is 109 Å². The molecule has 0 aliphatic carbocycles. The average molecular weight is 1910 g/mol. The molecule has 0 N–H and O–H groups in total. The molecule has 0 fully saturated rings. The molecular formula is C137H88N10O2. The summed E-state index contributed by atoms with van der Waals surface area (Å²) in [6.07, 6.45) is 3.67. The summed E-state index contributed by atoms with van der Waals surface area (Å²) < 4.78 is 19.7. The number of hydrogen-bond acceptors (Lipinski definition) is 9. The standard InChI is InChI=1S/2C46H29N3O.C45H30N4/c1-2-11-30(12-3-1)31-21-23-32(24-22-31)40-29-41(48-46(47-40)39-17-10-16-38-37-15-6-9-20-44(37)50-45(38)39)33-25-27-34(28-26-33)49-42-18-7-4-13-35(42)36-14-5-8-19-43(36)49;1-2-10-30(11-3-1)31-18-20-32(21-19-31)40-29-41(48-46(47-40)34-24-27-39-38-14-6-9-17-44(38)50-45(39)28-34)33-22-25-35(26-23-33)49-42-15-7-4-12-36(42)37-13-5-8-16-43(37)49;1-2-9-31(10-3-1)32-16-20-34(21-17-32)41-29-42(48-45(47-41)36-22-18-33(19-23-36)37-11-8-28-46-30-37)35-24-26-38(27-25-35)49-43-14-6-4-12-39(43)40-13-5-7-15-44(40)49/h2*1-29H;1-30H. The van der Waals surface area contributed by atoms with Crippen molar-refractivity contribution in [1.82, 2.24) is 48.6 Å². The summed E-state index contributed by atoms with van der Waals surface area (Å²) >= 11 is 0. The Morgan fingerprint density at radius 3 is 0.765 bits per heavy atom. The second-order valence-electron chi connectivity index (χ2n) is 37.4. The molecule has 0 saturated heterocycles. The maximum atomic E-state index is 6.44. The van der Waals surface area contributed by atoms with E-state index in [0.29, 0.717) is 17.5 Å². The van der Waals surface area contributed by atoms with Crippen LogP contribution in [0.4, 0.5) is 0 Å². The van der Waals surface area contributed by atoms with Crippen LogP contribution in [0.1, 0.15) is 0 Å². The molecule has 698 valence electrons. The molecule has 29 rings (SSSR count). The Balaban J connectivity index is 0.000000110. The average Bonchev–Trinajstić information content (AvgIpc) is 1.59. The third-order valence-electron chi connectivity index (χ3n) is 28.5. The predicted molar refractivity (Wildman–Crippen MR) is 612 cm³/mol. The lowest BCUT2D eigenvalue weighted by atomic mass is 10.0. The molecule has 0 amide bonds. The van der Waals surface area contributed by atoms with Gasteiger partial charge >= 0.3 is 0 Å². The van der Waals surface area contributed by atoms with Crippen molar-refractivity contribution in [1.29, 1.82) is 0 Å². The number of hydrogen-bond donors (Lipinski definition) is 0. The van der Waals surface area contributed by atoms with E-state index in [9.17, 15) is 0 Å². The van der Waals surface area contributed by atoms with Crippen LogP contribution in [-0.4, -0.2) is 48.6 Å². The molecule has 12 heteroatoms. The lowest BCUT2D eigenvalue weighted by Gasteiger charge is -2.12. The van der Waals surface area contributed by atoms with Gasteiger partial charge in [-0.05, 0) is 172 Å². The van der Waals surface area contributed by atoms with Crippen molar-refractivity contribution in [3.8, 4) is 163 Å². The molecule has 9 heterocycles. The van der Waals surface area contributed by atoms with Gasteiger partial charge in [0, 0.05) is 128 Å². The first-order valence-electron chi connectivity index (χ1n) is 50.1. The Bertz CT molecular complexity index is 9830. The van der Waals surface area contributed by atoms with E-state index in [1.54, 1.807) is 6.20 Å². The first-order chi connectivity index (χ1) is 73.8. The maximum absolute atomic E-state index is 6.44. The van der Waals surface area contributed by atoms with Crippen LogP contribution in [0.25, 0.3) is 273 Å². The molecule has 0 atom stereocenters. The molecule has 20 aromatic carbocycles. The first kappa shape index (κ1) is 87.8. The molecule has 0 aliphatic rings. The number of pyridine rings is 1. The van der Waals surface area contributed by atoms with Gasteiger partial charge in [-0.2, -0.15) is 0 Å².